The number of amides is 2. The second-order valence-corrected chi connectivity index (χ2v) is 7.24. The summed E-state index contributed by atoms with van der Waals surface area (Å²) in [7, 11) is 0. The van der Waals surface area contributed by atoms with Gasteiger partial charge in [0.05, 0.1) is 53.3 Å². The highest BCUT2D eigenvalue weighted by molar-refractivity contribution is 6.21. The van der Waals surface area contributed by atoms with Gasteiger partial charge in [-0.15, -0.1) is 0 Å². The van der Waals surface area contributed by atoms with Gasteiger partial charge in [0.2, 0.25) is 0 Å². The molecule has 29 heavy (non-hydrogen) atoms. The van der Waals surface area contributed by atoms with Crippen LogP contribution in [-0.4, -0.2) is 57.9 Å². The van der Waals surface area contributed by atoms with Gasteiger partial charge in [-0.05, 0) is 24.3 Å². The molecule has 0 aliphatic carbocycles. The molecule has 1 fully saturated rings. The maximum absolute atomic E-state index is 12.8. The van der Waals surface area contributed by atoms with E-state index in [1.54, 1.807) is 24.3 Å². The molecule has 0 bridgehead atoms. The summed E-state index contributed by atoms with van der Waals surface area (Å²) in [5.74, 6) is -0.559. The van der Waals surface area contributed by atoms with E-state index in [1.165, 1.54) is 4.90 Å². The Kier molecular flexibility index (Phi) is 4.54. The van der Waals surface area contributed by atoms with Crippen LogP contribution >= 0.6 is 0 Å². The summed E-state index contributed by atoms with van der Waals surface area (Å²) < 4.78 is 5.43. The Bertz CT molecular complexity index is 1070. The van der Waals surface area contributed by atoms with Crippen molar-refractivity contribution in [2.24, 2.45) is 0 Å². The maximum Gasteiger partial charge on any atom is 0.261 e. The van der Waals surface area contributed by atoms with Gasteiger partial charge in [0, 0.05) is 19.6 Å². The molecule has 0 unspecified atom stereocenters. The normalized spacial score (nSPS) is 17.2. The molecular formula is C22H20N4O3. The third kappa shape index (κ3) is 3.28. The van der Waals surface area contributed by atoms with Crippen LogP contribution in [0.4, 0.5) is 0 Å². The average Bonchev–Trinajstić information content (AvgIpc) is 3.00. The molecule has 2 aromatic carbocycles. The molecule has 7 heteroatoms. The van der Waals surface area contributed by atoms with Crippen LogP contribution in [0.3, 0.4) is 0 Å². The first-order chi connectivity index (χ1) is 14.2. The Morgan fingerprint density at radius 1 is 0.759 bits per heavy atom. The summed E-state index contributed by atoms with van der Waals surface area (Å²) in [4.78, 5) is 38.7. The lowest BCUT2D eigenvalue weighted by atomic mass is 10.1. The van der Waals surface area contributed by atoms with Gasteiger partial charge < -0.3 is 4.74 Å². The van der Waals surface area contributed by atoms with E-state index in [4.69, 9.17) is 14.7 Å². The van der Waals surface area contributed by atoms with E-state index in [-0.39, 0.29) is 18.4 Å². The number of para-hydroxylation sites is 2. The summed E-state index contributed by atoms with van der Waals surface area (Å²) in [6, 6.07) is 14.6. The summed E-state index contributed by atoms with van der Waals surface area (Å²) >= 11 is 0. The minimum atomic E-state index is -0.280. The molecule has 0 radical (unpaired) electrons. The Balaban J connectivity index is 1.51. The van der Waals surface area contributed by atoms with Gasteiger partial charge in [0.15, 0.2) is 0 Å². The molecule has 0 N–H and O–H groups in total. The molecular weight excluding hydrogens is 368 g/mol. The molecule has 0 atom stereocenters. The topological polar surface area (TPSA) is 75.6 Å². The number of imide groups is 1. The monoisotopic (exact) mass is 388 g/mol. The second-order valence-electron chi connectivity index (χ2n) is 7.24. The van der Waals surface area contributed by atoms with Crippen LogP contribution in [0.1, 0.15) is 32.1 Å². The third-order valence-corrected chi connectivity index (χ3v) is 5.39. The van der Waals surface area contributed by atoms with Crippen molar-refractivity contribution in [3.8, 4) is 0 Å². The van der Waals surface area contributed by atoms with Crippen molar-refractivity contribution in [3.05, 3.63) is 71.0 Å². The van der Waals surface area contributed by atoms with E-state index in [1.807, 2.05) is 24.3 Å². The van der Waals surface area contributed by atoms with Gasteiger partial charge in [0.1, 0.15) is 0 Å². The van der Waals surface area contributed by atoms with Crippen molar-refractivity contribution in [2.45, 2.75) is 13.1 Å². The molecule has 146 valence electrons. The summed E-state index contributed by atoms with van der Waals surface area (Å²) in [6.07, 6.45) is 0. The van der Waals surface area contributed by atoms with Crippen molar-refractivity contribution in [1.82, 2.24) is 19.8 Å². The predicted molar refractivity (Wildman–Crippen MR) is 106 cm³/mol. The zero-order valence-corrected chi connectivity index (χ0v) is 15.9. The fourth-order valence-corrected chi connectivity index (χ4v) is 3.83. The second kappa shape index (κ2) is 7.35. The fraction of sp³-hybridized carbons (Fsp3) is 0.273. The first kappa shape index (κ1) is 17.9. The third-order valence-electron chi connectivity index (χ3n) is 5.39. The van der Waals surface area contributed by atoms with Crippen LogP contribution < -0.4 is 0 Å². The van der Waals surface area contributed by atoms with E-state index in [9.17, 15) is 9.59 Å². The maximum atomic E-state index is 12.8. The summed E-state index contributed by atoms with van der Waals surface area (Å²) in [6.45, 7) is 3.75. The molecule has 7 nitrogen and oxygen atoms in total. The number of carbonyl (C=O) groups excluding carboxylic acids is 2. The minimum Gasteiger partial charge on any atom is -0.379 e. The summed E-state index contributed by atoms with van der Waals surface area (Å²) in [5.41, 5.74) is 3.90. The number of ether oxygens (including phenoxy) is 1. The van der Waals surface area contributed by atoms with Gasteiger partial charge in [-0.1, -0.05) is 24.3 Å². The van der Waals surface area contributed by atoms with Crippen LogP contribution in [0.15, 0.2) is 48.5 Å². The number of rotatable bonds is 4. The van der Waals surface area contributed by atoms with Gasteiger partial charge in [0.25, 0.3) is 11.8 Å². The first-order valence-electron chi connectivity index (χ1n) is 9.70. The highest BCUT2D eigenvalue weighted by Crippen LogP contribution is 2.25. The molecule has 2 aliphatic rings. The van der Waals surface area contributed by atoms with Crippen LogP contribution in [0.2, 0.25) is 0 Å². The number of morpholine rings is 1. The molecule has 3 aromatic rings. The van der Waals surface area contributed by atoms with Crippen molar-refractivity contribution in [2.75, 3.05) is 26.3 Å². The molecule has 2 amide bonds. The lowest BCUT2D eigenvalue weighted by molar-refractivity contribution is 0.0334. The van der Waals surface area contributed by atoms with Crippen molar-refractivity contribution in [1.29, 1.82) is 0 Å². The zero-order chi connectivity index (χ0) is 19.8. The molecule has 0 saturated carbocycles. The Hall–Kier alpha value is -3.16. The quantitative estimate of drug-likeness (QED) is 0.638. The van der Waals surface area contributed by atoms with Crippen LogP contribution in [0.5, 0.6) is 0 Å². The van der Waals surface area contributed by atoms with Crippen molar-refractivity contribution >= 4 is 22.8 Å². The van der Waals surface area contributed by atoms with Crippen LogP contribution in [-0.2, 0) is 17.8 Å². The molecule has 2 aliphatic heterocycles. The Morgan fingerprint density at radius 3 is 1.86 bits per heavy atom. The molecule has 3 heterocycles. The first-order valence-corrected chi connectivity index (χ1v) is 9.70. The molecule has 1 aromatic heterocycles. The smallest absolute Gasteiger partial charge is 0.261 e. The molecule has 1 saturated heterocycles. The highest BCUT2D eigenvalue weighted by atomic mass is 16.5. The average molecular weight is 388 g/mol. The lowest BCUT2D eigenvalue weighted by Crippen LogP contribution is -2.37. The zero-order valence-electron chi connectivity index (χ0n) is 15.9. The number of aromatic nitrogens is 2. The van der Waals surface area contributed by atoms with E-state index in [0.29, 0.717) is 36.6 Å². The minimum absolute atomic E-state index is 0.115. The number of benzene rings is 2. The molecule has 5 rings (SSSR count). The standard InChI is InChI=1S/C22H20N4O3/c27-21-15-5-1-2-6-16(15)22(28)26(21)14-20-19(13-25-9-11-29-12-10-25)23-17-7-3-4-8-18(17)24-20/h1-8H,9-14H2. The highest BCUT2D eigenvalue weighted by Gasteiger charge is 2.36. The Labute approximate surface area is 167 Å². The van der Waals surface area contributed by atoms with Crippen molar-refractivity contribution < 1.29 is 14.3 Å². The van der Waals surface area contributed by atoms with Crippen molar-refractivity contribution in [3.63, 3.8) is 0 Å². The SMILES string of the molecule is O=C1c2ccccc2C(=O)N1Cc1nc2ccccc2nc1CN1CCOCC1. The Morgan fingerprint density at radius 2 is 1.28 bits per heavy atom. The van der Waals surface area contributed by atoms with Crippen LogP contribution in [0.25, 0.3) is 11.0 Å². The van der Waals surface area contributed by atoms with E-state index >= 15 is 0 Å². The lowest BCUT2D eigenvalue weighted by Gasteiger charge is -2.27. The van der Waals surface area contributed by atoms with E-state index in [0.717, 1.165) is 29.8 Å². The molecule has 0 spiro atoms. The van der Waals surface area contributed by atoms with Gasteiger partial charge in [-0.25, -0.2) is 9.97 Å². The fourth-order valence-electron chi connectivity index (χ4n) is 3.83. The van der Waals surface area contributed by atoms with E-state index in [2.05, 4.69) is 4.90 Å². The predicted octanol–water partition coefficient (Wildman–Crippen LogP) is 2.26. The number of fused-ring (bicyclic) bond motifs is 2. The van der Waals surface area contributed by atoms with Gasteiger partial charge in [-0.2, -0.15) is 0 Å². The number of hydrogen-bond acceptors (Lipinski definition) is 6. The number of carbonyl (C=O) groups is 2. The summed E-state index contributed by atoms with van der Waals surface area (Å²) in [5, 5.41) is 0. The van der Waals surface area contributed by atoms with Gasteiger partial charge >= 0.3 is 0 Å². The van der Waals surface area contributed by atoms with Gasteiger partial charge in [-0.3, -0.25) is 19.4 Å². The van der Waals surface area contributed by atoms with Crippen LogP contribution in [0, 0.1) is 0 Å². The number of hydrogen-bond donors (Lipinski definition) is 0. The number of nitrogens with zero attached hydrogens (tertiary/aromatic N) is 4. The van der Waals surface area contributed by atoms with E-state index < -0.39 is 0 Å². The largest absolute Gasteiger partial charge is 0.379 e.